The summed E-state index contributed by atoms with van der Waals surface area (Å²) in [6, 6.07) is 16.6. The van der Waals surface area contributed by atoms with Crippen LogP contribution in [0.25, 0.3) is 11.0 Å². The molecule has 2 aromatic heterocycles. The number of fused-ring (bicyclic) bond motifs is 1. The predicted molar refractivity (Wildman–Crippen MR) is 113 cm³/mol. The fourth-order valence-corrected chi connectivity index (χ4v) is 2.84. The van der Waals surface area contributed by atoms with Gasteiger partial charge in [0.15, 0.2) is 5.65 Å². The van der Waals surface area contributed by atoms with E-state index >= 15 is 0 Å². The summed E-state index contributed by atoms with van der Waals surface area (Å²) in [5, 5.41) is 16.2. The number of urea groups is 1. The minimum absolute atomic E-state index is 0.0970. The van der Waals surface area contributed by atoms with E-state index in [2.05, 4.69) is 36.1 Å². The molecule has 0 saturated carbocycles. The first-order chi connectivity index (χ1) is 14.1. The molecule has 0 aliphatic carbocycles. The first-order valence-corrected chi connectivity index (χ1v) is 9.04. The number of amides is 2. The molecule has 0 bridgehead atoms. The highest BCUT2D eigenvalue weighted by Gasteiger charge is 2.10. The number of rotatable bonds is 5. The lowest BCUT2D eigenvalue weighted by atomic mass is 10.1. The fourth-order valence-electron chi connectivity index (χ4n) is 2.84. The topological polar surface area (TPSA) is 134 Å². The molecule has 0 unspecified atom stereocenters. The van der Waals surface area contributed by atoms with Crippen molar-refractivity contribution in [1.82, 2.24) is 25.5 Å². The maximum atomic E-state index is 12.2. The maximum absolute atomic E-state index is 12.2. The van der Waals surface area contributed by atoms with Gasteiger partial charge in [-0.25, -0.2) is 9.78 Å². The summed E-state index contributed by atoms with van der Waals surface area (Å²) in [6.07, 6.45) is 1.61. The Morgan fingerprint density at radius 3 is 2.55 bits per heavy atom. The number of aromatic nitrogens is 4. The molecule has 146 valence electrons. The molecular weight excluding hydrogens is 368 g/mol. The van der Waals surface area contributed by atoms with E-state index in [4.69, 9.17) is 5.73 Å². The number of anilines is 4. The number of aromatic amines is 1. The second-order valence-corrected chi connectivity index (χ2v) is 6.50. The van der Waals surface area contributed by atoms with Gasteiger partial charge in [-0.2, -0.15) is 10.1 Å². The Morgan fingerprint density at radius 2 is 1.79 bits per heavy atom. The number of nitrogens with two attached hydrogens (primary N) is 1. The number of benzene rings is 2. The SMILES string of the molecule is C[C@@H](NC(=O)Nc1ccc(Nc2ncc3c(N)[nH]nc3n2)cc1)c1ccccc1. The van der Waals surface area contributed by atoms with E-state index in [0.29, 0.717) is 28.5 Å². The molecular formula is C20H20N8O. The summed E-state index contributed by atoms with van der Waals surface area (Å²) in [5.41, 5.74) is 8.71. The highest BCUT2D eigenvalue weighted by atomic mass is 16.2. The van der Waals surface area contributed by atoms with Gasteiger partial charge in [0.05, 0.1) is 11.4 Å². The van der Waals surface area contributed by atoms with E-state index in [9.17, 15) is 4.79 Å². The monoisotopic (exact) mass is 388 g/mol. The second-order valence-electron chi connectivity index (χ2n) is 6.50. The Kier molecular flexibility index (Phi) is 4.93. The van der Waals surface area contributed by atoms with Crippen LogP contribution in [-0.4, -0.2) is 26.2 Å². The Labute approximate surface area is 166 Å². The van der Waals surface area contributed by atoms with E-state index in [1.807, 2.05) is 49.4 Å². The Bertz CT molecular complexity index is 1120. The molecule has 0 radical (unpaired) electrons. The van der Waals surface area contributed by atoms with Crippen molar-refractivity contribution < 1.29 is 4.79 Å². The van der Waals surface area contributed by atoms with Crippen molar-refractivity contribution >= 4 is 40.2 Å². The summed E-state index contributed by atoms with van der Waals surface area (Å²) in [5.74, 6) is 0.834. The van der Waals surface area contributed by atoms with Gasteiger partial charge < -0.3 is 21.7 Å². The smallest absolute Gasteiger partial charge is 0.319 e. The minimum atomic E-state index is -0.271. The molecule has 9 heteroatoms. The van der Waals surface area contributed by atoms with E-state index < -0.39 is 0 Å². The van der Waals surface area contributed by atoms with Crippen molar-refractivity contribution in [3.05, 3.63) is 66.4 Å². The van der Waals surface area contributed by atoms with Crippen LogP contribution in [0.5, 0.6) is 0 Å². The summed E-state index contributed by atoms with van der Waals surface area (Å²) in [6.45, 7) is 1.94. The molecule has 6 N–H and O–H groups in total. The largest absolute Gasteiger partial charge is 0.383 e. The summed E-state index contributed by atoms with van der Waals surface area (Å²) >= 11 is 0. The van der Waals surface area contributed by atoms with Gasteiger partial charge in [0, 0.05) is 17.6 Å². The van der Waals surface area contributed by atoms with Crippen molar-refractivity contribution in [2.45, 2.75) is 13.0 Å². The van der Waals surface area contributed by atoms with Crippen LogP contribution < -0.4 is 21.7 Å². The second kappa shape index (κ2) is 7.85. The zero-order valence-electron chi connectivity index (χ0n) is 15.7. The predicted octanol–water partition coefficient (Wildman–Crippen LogP) is 3.56. The highest BCUT2D eigenvalue weighted by Crippen LogP contribution is 2.20. The highest BCUT2D eigenvalue weighted by molar-refractivity contribution is 5.90. The van der Waals surface area contributed by atoms with Crippen molar-refractivity contribution in [1.29, 1.82) is 0 Å². The molecule has 9 nitrogen and oxygen atoms in total. The first kappa shape index (κ1) is 18.2. The quantitative estimate of drug-likeness (QED) is 0.355. The molecule has 1 atom stereocenters. The summed E-state index contributed by atoms with van der Waals surface area (Å²) in [7, 11) is 0. The third-order valence-corrected chi connectivity index (χ3v) is 4.39. The van der Waals surface area contributed by atoms with Crippen LogP contribution in [0.3, 0.4) is 0 Å². The zero-order chi connectivity index (χ0) is 20.2. The van der Waals surface area contributed by atoms with Crippen molar-refractivity contribution in [3.63, 3.8) is 0 Å². The number of carbonyl (C=O) groups is 1. The molecule has 0 spiro atoms. The van der Waals surface area contributed by atoms with Crippen molar-refractivity contribution in [2.24, 2.45) is 0 Å². The van der Waals surface area contributed by atoms with Gasteiger partial charge in [-0.1, -0.05) is 30.3 Å². The molecule has 0 fully saturated rings. The molecule has 0 saturated heterocycles. The standard InChI is InChI=1S/C20H20N8O/c1-12(13-5-3-2-4-6-13)23-20(29)25-15-9-7-14(8-10-15)24-19-22-11-16-17(21)27-28-18(16)26-19/h2-12H,1H3,(H2,23,25,29)(H4,21,22,24,26,27,28)/t12-/m1/s1. The Balaban J connectivity index is 1.36. The lowest BCUT2D eigenvalue weighted by molar-refractivity contribution is 0.249. The third kappa shape index (κ3) is 4.24. The van der Waals surface area contributed by atoms with Crippen molar-refractivity contribution in [3.8, 4) is 0 Å². The molecule has 0 aliphatic heterocycles. The third-order valence-electron chi connectivity index (χ3n) is 4.39. The molecule has 4 aromatic rings. The summed E-state index contributed by atoms with van der Waals surface area (Å²) in [4.78, 5) is 20.7. The normalized spacial score (nSPS) is 11.8. The number of nitrogen functional groups attached to an aromatic ring is 1. The van der Waals surface area contributed by atoms with Crippen LogP contribution >= 0.6 is 0 Å². The number of H-pyrrole nitrogens is 1. The van der Waals surface area contributed by atoms with Crippen LogP contribution in [0.1, 0.15) is 18.5 Å². The zero-order valence-corrected chi connectivity index (χ0v) is 15.7. The van der Waals surface area contributed by atoms with Gasteiger partial charge >= 0.3 is 6.03 Å². The van der Waals surface area contributed by atoms with E-state index in [0.717, 1.165) is 11.3 Å². The van der Waals surface area contributed by atoms with Gasteiger partial charge in [-0.05, 0) is 36.8 Å². The van der Waals surface area contributed by atoms with Gasteiger partial charge in [0.25, 0.3) is 0 Å². The maximum Gasteiger partial charge on any atom is 0.319 e. The molecule has 2 amide bonds. The van der Waals surface area contributed by atoms with E-state index in [-0.39, 0.29) is 12.1 Å². The average Bonchev–Trinajstić information content (AvgIpc) is 3.10. The van der Waals surface area contributed by atoms with Gasteiger partial charge in [0.2, 0.25) is 5.95 Å². The van der Waals surface area contributed by atoms with Crippen LogP contribution in [0, 0.1) is 0 Å². The number of carbonyl (C=O) groups excluding carboxylic acids is 1. The fraction of sp³-hybridized carbons (Fsp3) is 0.100. The van der Waals surface area contributed by atoms with Crippen molar-refractivity contribution in [2.75, 3.05) is 16.4 Å². The first-order valence-electron chi connectivity index (χ1n) is 9.04. The number of nitrogens with zero attached hydrogens (tertiary/aromatic N) is 3. The summed E-state index contributed by atoms with van der Waals surface area (Å²) < 4.78 is 0. The lowest BCUT2D eigenvalue weighted by Crippen LogP contribution is -2.31. The lowest BCUT2D eigenvalue weighted by Gasteiger charge is -2.15. The van der Waals surface area contributed by atoms with Crippen LogP contribution in [-0.2, 0) is 0 Å². The minimum Gasteiger partial charge on any atom is -0.383 e. The van der Waals surface area contributed by atoms with Crippen LogP contribution in [0.4, 0.5) is 27.9 Å². The van der Waals surface area contributed by atoms with Crippen LogP contribution in [0.15, 0.2) is 60.8 Å². The van der Waals surface area contributed by atoms with Gasteiger partial charge in [-0.15, -0.1) is 0 Å². The Morgan fingerprint density at radius 1 is 1.07 bits per heavy atom. The number of hydrogen-bond donors (Lipinski definition) is 5. The molecule has 2 heterocycles. The molecule has 29 heavy (non-hydrogen) atoms. The molecule has 0 aliphatic rings. The van der Waals surface area contributed by atoms with Gasteiger partial charge in [-0.3, -0.25) is 5.10 Å². The van der Waals surface area contributed by atoms with Crippen LogP contribution in [0.2, 0.25) is 0 Å². The number of hydrogen-bond acceptors (Lipinski definition) is 6. The molecule has 4 rings (SSSR count). The average molecular weight is 388 g/mol. The molecule has 2 aromatic carbocycles. The van der Waals surface area contributed by atoms with E-state index in [1.54, 1.807) is 18.3 Å². The van der Waals surface area contributed by atoms with E-state index in [1.165, 1.54) is 0 Å². The van der Waals surface area contributed by atoms with Gasteiger partial charge in [0.1, 0.15) is 5.82 Å². The Hall–Kier alpha value is -4.14. The number of nitrogens with one attached hydrogen (secondary N) is 4.